The minimum Gasteiger partial charge on any atom is -0.457 e. The molecule has 0 radical (unpaired) electrons. The Morgan fingerprint density at radius 2 is 1.16 bits per heavy atom. The van der Waals surface area contributed by atoms with Crippen molar-refractivity contribution in [3.63, 3.8) is 0 Å². The number of pyridine rings is 1. The first-order chi connectivity index (χ1) is 21.3. The second-order valence-corrected chi connectivity index (χ2v) is 11.2. The van der Waals surface area contributed by atoms with Crippen LogP contribution >= 0.6 is 0 Å². The lowest BCUT2D eigenvalue weighted by atomic mass is 9.66. The lowest BCUT2D eigenvalue weighted by Crippen LogP contribution is -2.32. The van der Waals surface area contributed by atoms with Crippen LogP contribution in [-0.2, 0) is 10.2 Å². The van der Waals surface area contributed by atoms with Crippen molar-refractivity contribution in [3.05, 3.63) is 173 Å². The van der Waals surface area contributed by atoms with Gasteiger partial charge in [0, 0.05) is 28.5 Å². The van der Waals surface area contributed by atoms with Crippen molar-refractivity contribution in [2.45, 2.75) is 17.9 Å². The molecular weight excluding hydrogens is 530 g/mol. The highest BCUT2D eigenvalue weighted by Gasteiger charge is 2.50. The zero-order valence-electron chi connectivity index (χ0n) is 23.2. The Bertz CT molecular complexity index is 1960. The predicted octanol–water partition coefficient (Wildman–Crippen LogP) is 8.04. The van der Waals surface area contributed by atoms with Gasteiger partial charge in [-0.25, -0.2) is 10.9 Å². The molecule has 1 spiro atoms. The number of nitrogens with zero attached hydrogens (tertiary/aromatic N) is 1. The summed E-state index contributed by atoms with van der Waals surface area (Å²) in [4.78, 5) is 4.84. The van der Waals surface area contributed by atoms with E-state index in [1.165, 1.54) is 27.8 Å². The van der Waals surface area contributed by atoms with Gasteiger partial charge in [-0.1, -0.05) is 115 Å². The fourth-order valence-corrected chi connectivity index (χ4v) is 7.06. The number of hydrogen-bond acceptors (Lipinski definition) is 5. The molecule has 3 heterocycles. The van der Waals surface area contributed by atoms with E-state index in [1.54, 1.807) is 0 Å². The second kappa shape index (κ2) is 9.48. The lowest BCUT2D eigenvalue weighted by Gasteiger charge is -2.39. The molecule has 9 rings (SSSR count). The Morgan fingerprint density at radius 1 is 0.535 bits per heavy atom. The van der Waals surface area contributed by atoms with Crippen LogP contribution in [-0.4, -0.2) is 4.98 Å². The van der Waals surface area contributed by atoms with Gasteiger partial charge in [-0.05, 0) is 46.0 Å². The van der Waals surface area contributed by atoms with Crippen LogP contribution in [0.4, 0.5) is 0 Å². The van der Waals surface area contributed by atoms with Gasteiger partial charge in [0.25, 0.3) is 0 Å². The lowest BCUT2D eigenvalue weighted by molar-refractivity contribution is 0.0340. The Kier molecular flexibility index (Phi) is 5.40. The van der Waals surface area contributed by atoms with E-state index in [9.17, 15) is 0 Å². The summed E-state index contributed by atoms with van der Waals surface area (Å²) in [5.74, 6) is 1.73. The average Bonchev–Trinajstić information content (AvgIpc) is 3.68. The number of benzene rings is 5. The summed E-state index contributed by atoms with van der Waals surface area (Å²) in [6.07, 6.45) is 1.37. The first kappa shape index (κ1) is 24.5. The van der Waals surface area contributed by atoms with Crippen molar-refractivity contribution in [2.24, 2.45) is 0 Å². The smallest absolute Gasteiger partial charge is 0.150 e. The van der Waals surface area contributed by atoms with Gasteiger partial charge in [0.2, 0.25) is 0 Å². The normalized spacial score (nSPS) is 18.8. The van der Waals surface area contributed by atoms with Crippen molar-refractivity contribution >= 4 is 0 Å². The molecule has 5 nitrogen and oxygen atoms in total. The Morgan fingerprint density at radius 3 is 1.88 bits per heavy atom. The Hall–Kier alpha value is -5.07. The molecule has 5 heteroatoms. The van der Waals surface area contributed by atoms with E-state index >= 15 is 0 Å². The van der Waals surface area contributed by atoms with E-state index < -0.39 is 5.41 Å². The molecule has 6 aromatic rings. The Balaban J connectivity index is 1.11. The van der Waals surface area contributed by atoms with E-state index in [-0.39, 0.29) is 12.5 Å². The summed E-state index contributed by atoms with van der Waals surface area (Å²) in [7, 11) is 0. The molecule has 0 amide bonds. The van der Waals surface area contributed by atoms with Gasteiger partial charge in [-0.3, -0.25) is 4.98 Å². The maximum atomic E-state index is 6.65. The van der Waals surface area contributed by atoms with Crippen LogP contribution in [0.3, 0.4) is 0 Å². The molecule has 1 saturated heterocycles. The molecule has 3 aliphatic rings. The molecule has 2 N–H and O–H groups in total. The van der Waals surface area contributed by atoms with Gasteiger partial charge in [-0.2, -0.15) is 0 Å². The van der Waals surface area contributed by atoms with Gasteiger partial charge in [-0.15, -0.1) is 0 Å². The minimum atomic E-state index is -0.457. The van der Waals surface area contributed by atoms with Crippen molar-refractivity contribution < 1.29 is 9.47 Å². The highest BCUT2D eigenvalue weighted by molar-refractivity contribution is 5.88. The highest BCUT2D eigenvalue weighted by Crippen LogP contribution is 2.62. The second-order valence-electron chi connectivity index (χ2n) is 11.2. The molecule has 2 unspecified atom stereocenters. The number of aromatic nitrogens is 1. The third kappa shape index (κ3) is 3.60. The molecule has 2 atom stereocenters. The van der Waals surface area contributed by atoms with E-state index in [1.807, 2.05) is 48.7 Å². The zero-order valence-corrected chi connectivity index (χ0v) is 23.2. The van der Waals surface area contributed by atoms with Crippen LogP contribution in [0.5, 0.6) is 11.5 Å². The Labute approximate surface area is 249 Å². The summed E-state index contributed by atoms with van der Waals surface area (Å²) in [6, 6.07) is 46.8. The van der Waals surface area contributed by atoms with E-state index in [2.05, 4.69) is 102 Å². The summed E-state index contributed by atoms with van der Waals surface area (Å²) >= 11 is 0. The number of ether oxygens (including phenoxy) is 2. The number of hydrazine groups is 1. The number of rotatable bonds is 3. The van der Waals surface area contributed by atoms with Crippen LogP contribution in [0.1, 0.15) is 45.8 Å². The summed E-state index contributed by atoms with van der Waals surface area (Å²) in [5.41, 5.74) is 17.3. The summed E-state index contributed by atoms with van der Waals surface area (Å²) in [6.45, 7) is 0. The molecule has 1 aliphatic carbocycles. The van der Waals surface area contributed by atoms with Crippen LogP contribution in [0.2, 0.25) is 0 Å². The molecule has 206 valence electrons. The molecule has 0 bridgehead atoms. The van der Waals surface area contributed by atoms with Gasteiger partial charge in [0.1, 0.15) is 17.7 Å². The zero-order chi connectivity index (χ0) is 28.4. The topological polar surface area (TPSA) is 55.4 Å². The SMILES string of the molecule is c1ccc(C2NNC(c3ccc(-c4ccc5c(c4)Oc4ccccc4C54c5ccccc5-c5ccccc54)nc3)O2)cc1. The number of hydrogen-bond donors (Lipinski definition) is 2. The maximum Gasteiger partial charge on any atom is 0.150 e. The summed E-state index contributed by atoms with van der Waals surface area (Å²) < 4.78 is 12.9. The fraction of sp³-hybridized carbons (Fsp3) is 0.0789. The molecule has 1 aromatic heterocycles. The van der Waals surface area contributed by atoms with Gasteiger partial charge in [0.15, 0.2) is 6.23 Å². The van der Waals surface area contributed by atoms with Crippen LogP contribution in [0.25, 0.3) is 22.4 Å². The fourth-order valence-electron chi connectivity index (χ4n) is 7.06. The van der Waals surface area contributed by atoms with Crippen LogP contribution in [0.15, 0.2) is 140 Å². The van der Waals surface area contributed by atoms with Crippen molar-refractivity contribution in [1.29, 1.82) is 0 Å². The third-order valence-electron chi connectivity index (χ3n) is 8.95. The van der Waals surface area contributed by atoms with E-state index in [4.69, 9.17) is 14.5 Å². The van der Waals surface area contributed by atoms with Crippen molar-refractivity contribution in [1.82, 2.24) is 15.8 Å². The van der Waals surface area contributed by atoms with Crippen LogP contribution < -0.4 is 15.6 Å². The standard InChI is InChI=1S/C38H27N3O2/c1-2-10-24(11-3-1)36-40-41-37(43-36)26-19-21-33(39-23-26)25-18-20-32-35(22-25)42-34-17-9-8-16-31(34)38(32)29-14-6-4-12-27(29)28-13-5-7-15-30(28)38/h1-23,36-37,40-41H. The summed E-state index contributed by atoms with van der Waals surface area (Å²) in [5, 5.41) is 0. The third-order valence-corrected chi connectivity index (χ3v) is 8.95. The maximum absolute atomic E-state index is 6.65. The highest BCUT2D eigenvalue weighted by atomic mass is 16.5. The van der Waals surface area contributed by atoms with Gasteiger partial charge < -0.3 is 9.47 Å². The van der Waals surface area contributed by atoms with Gasteiger partial charge in [0.05, 0.1) is 11.1 Å². The monoisotopic (exact) mass is 557 g/mol. The number of fused-ring (bicyclic) bond motifs is 9. The van der Waals surface area contributed by atoms with Crippen molar-refractivity contribution in [2.75, 3.05) is 0 Å². The average molecular weight is 558 g/mol. The molecule has 0 saturated carbocycles. The molecule has 2 aliphatic heterocycles. The number of nitrogens with one attached hydrogen (secondary N) is 2. The number of para-hydroxylation sites is 1. The van der Waals surface area contributed by atoms with Crippen molar-refractivity contribution in [3.8, 4) is 33.9 Å². The minimum absolute atomic E-state index is 0.218. The van der Waals surface area contributed by atoms with E-state index in [0.717, 1.165) is 39.4 Å². The largest absolute Gasteiger partial charge is 0.457 e. The first-order valence-electron chi connectivity index (χ1n) is 14.6. The predicted molar refractivity (Wildman–Crippen MR) is 166 cm³/mol. The molecule has 43 heavy (non-hydrogen) atoms. The van der Waals surface area contributed by atoms with Crippen LogP contribution in [0, 0.1) is 0 Å². The molecule has 5 aromatic carbocycles. The van der Waals surface area contributed by atoms with E-state index in [0.29, 0.717) is 0 Å². The first-order valence-corrected chi connectivity index (χ1v) is 14.6. The molecule has 1 fully saturated rings. The quantitative estimate of drug-likeness (QED) is 0.230. The molecular formula is C38H27N3O2. The van der Waals surface area contributed by atoms with Gasteiger partial charge >= 0.3 is 0 Å².